The summed E-state index contributed by atoms with van der Waals surface area (Å²) in [6.45, 7) is 0. The molecule has 0 saturated heterocycles. The van der Waals surface area contributed by atoms with Gasteiger partial charge in [-0.25, -0.2) is 4.39 Å². The molecule has 0 aliphatic heterocycles. The van der Waals surface area contributed by atoms with E-state index in [1.165, 1.54) is 6.07 Å². The van der Waals surface area contributed by atoms with Gasteiger partial charge in [0.25, 0.3) is 0 Å². The Balaban J connectivity index is 2.04. The van der Waals surface area contributed by atoms with Crippen molar-refractivity contribution >= 4 is 45.5 Å². The third-order valence-electron chi connectivity index (χ3n) is 2.90. The molecular formula is C15H9Cl2FN2. The highest BCUT2D eigenvalue weighted by molar-refractivity contribution is 6.31. The van der Waals surface area contributed by atoms with Crippen LogP contribution in [-0.2, 0) is 0 Å². The number of hydrogen-bond acceptors (Lipinski definition) is 2. The first kappa shape index (κ1) is 13.2. The summed E-state index contributed by atoms with van der Waals surface area (Å²) in [7, 11) is 0. The van der Waals surface area contributed by atoms with E-state index in [9.17, 15) is 4.39 Å². The highest BCUT2D eigenvalue weighted by Crippen LogP contribution is 2.28. The van der Waals surface area contributed by atoms with Crippen LogP contribution in [0.4, 0.5) is 15.8 Å². The van der Waals surface area contributed by atoms with E-state index in [0.29, 0.717) is 10.7 Å². The van der Waals surface area contributed by atoms with Crippen LogP contribution in [0.1, 0.15) is 0 Å². The van der Waals surface area contributed by atoms with Gasteiger partial charge in [0, 0.05) is 28.0 Å². The van der Waals surface area contributed by atoms with E-state index in [0.717, 1.165) is 16.6 Å². The lowest BCUT2D eigenvalue weighted by atomic mass is 10.2. The van der Waals surface area contributed by atoms with Crippen molar-refractivity contribution in [3.63, 3.8) is 0 Å². The number of nitrogens with one attached hydrogen (secondary N) is 1. The minimum absolute atomic E-state index is 0.0800. The van der Waals surface area contributed by atoms with Crippen LogP contribution in [0.25, 0.3) is 10.9 Å². The van der Waals surface area contributed by atoms with Crippen LogP contribution in [0.15, 0.2) is 48.7 Å². The summed E-state index contributed by atoms with van der Waals surface area (Å²) < 4.78 is 13.2. The average Bonchev–Trinajstić information content (AvgIpc) is 2.43. The monoisotopic (exact) mass is 306 g/mol. The van der Waals surface area contributed by atoms with Crippen molar-refractivity contribution in [2.45, 2.75) is 0 Å². The molecular weight excluding hydrogens is 298 g/mol. The fraction of sp³-hybridized carbons (Fsp3) is 0. The molecule has 0 amide bonds. The van der Waals surface area contributed by atoms with Gasteiger partial charge in [-0.15, -0.1) is 0 Å². The van der Waals surface area contributed by atoms with Gasteiger partial charge in [0.1, 0.15) is 5.82 Å². The Hall–Kier alpha value is -1.84. The zero-order chi connectivity index (χ0) is 14.1. The average molecular weight is 307 g/mol. The first-order chi connectivity index (χ1) is 9.63. The Kier molecular flexibility index (Phi) is 3.47. The van der Waals surface area contributed by atoms with Gasteiger partial charge in [-0.3, -0.25) is 4.98 Å². The molecule has 5 heteroatoms. The number of nitrogens with zero attached hydrogens (tertiary/aromatic N) is 1. The van der Waals surface area contributed by atoms with Gasteiger partial charge in [0.05, 0.1) is 10.5 Å². The van der Waals surface area contributed by atoms with Crippen molar-refractivity contribution in [2.24, 2.45) is 0 Å². The summed E-state index contributed by atoms with van der Waals surface area (Å²) in [5, 5.41) is 4.84. The summed E-state index contributed by atoms with van der Waals surface area (Å²) in [5.74, 6) is -0.441. The molecule has 1 heterocycles. The molecule has 0 unspecified atom stereocenters. The third kappa shape index (κ3) is 2.55. The molecule has 0 spiro atoms. The third-order valence-corrected chi connectivity index (χ3v) is 3.43. The van der Waals surface area contributed by atoms with E-state index >= 15 is 0 Å². The van der Waals surface area contributed by atoms with Crippen LogP contribution >= 0.6 is 23.2 Å². The highest BCUT2D eigenvalue weighted by atomic mass is 35.5. The molecule has 1 aromatic heterocycles. The largest absolute Gasteiger partial charge is 0.355 e. The second kappa shape index (κ2) is 5.27. The Morgan fingerprint density at radius 2 is 1.85 bits per heavy atom. The van der Waals surface area contributed by atoms with Gasteiger partial charge in [0.2, 0.25) is 0 Å². The second-order valence-electron chi connectivity index (χ2n) is 4.27. The molecule has 0 fully saturated rings. The number of hydrogen-bond donors (Lipinski definition) is 1. The van der Waals surface area contributed by atoms with Crippen molar-refractivity contribution < 1.29 is 4.39 Å². The molecule has 3 aromatic rings. The Bertz CT molecular complexity index is 790. The molecule has 0 aliphatic rings. The van der Waals surface area contributed by atoms with E-state index in [4.69, 9.17) is 23.2 Å². The smallest absolute Gasteiger partial charge is 0.141 e. The molecule has 3 rings (SSSR count). The van der Waals surface area contributed by atoms with Gasteiger partial charge in [-0.1, -0.05) is 23.2 Å². The van der Waals surface area contributed by atoms with Crippen LogP contribution in [0.3, 0.4) is 0 Å². The molecule has 0 atom stereocenters. The van der Waals surface area contributed by atoms with Crippen LogP contribution in [0, 0.1) is 5.82 Å². The predicted molar refractivity (Wildman–Crippen MR) is 81.4 cm³/mol. The number of halogens is 3. The van der Waals surface area contributed by atoms with E-state index < -0.39 is 5.82 Å². The topological polar surface area (TPSA) is 24.9 Å². The summed E-state index contributed by atoms with van der Waals surface area (Å²) in [6.07, 6.45) is 1.69. The fourth-order valence-electron chi connectivity index (χ4n) is 1.96. The number of pyridine rings is 1. The van der Waals surface area contributed by atoms with Gasteiger partial charge >= 0.3 is 0 Å². The standard InChI is InChI=1S/C15H9Cl2FN2/c16-9-1-3-11-14(5-6-19-15(11)7-9)20-10-2-4-13(18)12(17)8-10/h1-8H,(H,19,20). The molecule has 2 aromatic carbocycles. The summed E-state index contributed by atoms with van der Waals surface area (Å²) in [6, 6.07) is 11.8. The number of fused-ring (bicyclic) bond motifs is 1. The van der Waals surface area contributed by atoms with Gasteiger partial charge in [-0.2, -0.15) is 0 Å². The van der Waals surface area contributed by atoms with E-state index in [-0.39, 0.29) is 5.02 Å². The fourth-order valence-corrected chi connectivity index (χ4v) is 2.31. The summed E-state index contributed by atoms with van der Waals surface area (Å²) >= 11 is 11.7. The van der Waals surface area contributed by atoms with Crippen molar-refractivity contribution in [1.82, 2.24) is 4.98 Å². The molecule has 0 aliphatic carbocycles. The minimum Gasteiger partial charge on any atom is -0.355 e. The van der Waals surface area contributed by atoms with Crippen LogP contribution in [0.2, 0.25) is 10.0 Å². The molecule has 0 saturated carbocycles. The maximum atomic E-state index is 13.2. The number of benzene rings is 2. The lowest BCUT2D eigenvalue weighted by Gasteiger charge is -2.10. The van der Waals surface area contributed by atoms with E-state index in [1.807, 2.05) is 12.1 Å². The first-order valence-electron chi connectivity index (χ1n) is 5.90. The number of anilines is 2. The second-order valence-corrected chi connectivity index (χ2v) is 5.12. The summed E-state index contributed by atoms with van der Waals surface area (Å²) in [5.41, 5.74) is 2.35. The maximum absolute atomic E-state index is 13.2. The van der Waals surface area contributed by atoms with Crippen LogP contribution in [0.5, 0.6) is 0 Å². The predicted octanol–water partition coefficient (Wildman–Crippen LogP) is 5.42. The Morgan fingerprint density at radius 3 is 2.65 bits per heavy atom. The van der Waals surface area contributed by atoms with Crippen LogP contribution in [-0.4, -0.2) is 4.98 Å². The number of rotatable bonds is 2. The molecule has 0 bridgehead atoms. The first-order valence-corrected chi connectivity index (χ1v) is 6.65. The normalized spacial score (nSPS) is 10.8. The summed E-state index contributed by atoms with van der Waals surface area (Å²) in [4.78, 5) is 4.27. The van der Waals surface area contributed by atoms with Crippen molar-refractivity contribution in [3.8, 4) is 0 Å². The SMILES string of the molecule is Fc1ccc(Nc2ccnc3cc(Cl)ccc23)cc1Cl. The lowest BCUT2D eigenvalue weighted by molar-refractivity contribution is 0.628. The van der Waals surface area contributed by atoms with Crippen LogP contribution < -0.4 is 5.32 Å². The zero-order valence-electron chi connectivity index (χ0n) is 10.2. The van der Waals surface area contributed by atoms with E-state index in [2.05, 4.69) is 10.3 Å². The molecule has 2 nitrogen and oxygen atoms in total. The molecule has 1 N–H and O–H groups in total. The lowest BCUT2D eigenvalue weighted by Crippen LogP contribution is -1.93. The highest BCUT2D eigenvalue weighted by Gasteiger charge is 2.05. The Morgan fingerprint density at radius 1 is 1.00 bits per heavy atom. The van der Waals surface area contributed by atoms with Gasteiger partial charge < -0.3 is 5.32 Å². The Labute approximate surface area is 125 Å². The minimum atomic E-state index is -0.441. The quantitative estimate of drug-likeness (QED) is 0.683. The molecule has 100 valence electrons. The van der Waals surface area contributed by atoms with Gasteiger partial charge in [0.15, 0.2) is 0 Å². The van der Waals surface area contributed by atoms with Gasteiger partial charge in [-0.05, 0) is 42.5 Å². The molecule has 20 heavy (non-hydrogen) atoms. The van der Waals surface area contributed by atoms with Crippen molar-refractivity contribution in [2.75, 3.05) is 5.32 Å². The van der Waals surface area contributed by atoms with Crippen molar-refractivity contribution in [1.29, 1.82) is 0 Å². The van der Waals surface area contributed by atoms with E-state index in [1.54, 1.807) is 30.5 Å². The molecule has 0 radical (unpaired) electrons. The van der Waals surface area contributed by atoms with Crippen molar-refractivity contribution in [3.05, 3.63) is 64.5 Å². The zero-order valence-corrected chi connectivity index (χ0v) is 11.7. The maximum Gasteiger partial charge on any atom is 0.141 e. The number of aromatic nitrogens is 1.